The van der Waals surface area contributed by atoms with E-state index in [0.717, 1.165) is 40.7 Å². The van der Waals surface area contributed by atoms with Gasteiger partial charge in [0.05, 0.1) is 0 Å². The van der Waals surface area contributed by atoms with Crippen LogP contribution in [0.5, 0.6) is 0 Å². The van der Waals surface area contributed by atoms with E-state index in [4.69, 9.17) is 23.2 Å². The van der Waals surface area contributed by atoms with E-state index in [2.05, 4.69) is 16.4 Å². The van der Waals surface area contributed by atoms with Gasteiger partial charge >= 0.3 is 0 Å². The quantitative estimate of drug-likeness (QED) is 0.860. The SMILES string of the molecule is Clc1ccc(NC2=CC(=[NH+]c3ccc(Cl)cc3)CCC2)cc1. The van der Waals surface area contributed by atoms with Gasteiger partial charge in [0.2, 0.25) is 5.69 Å². The summed E-state index contributed by atoms with van der Waals surface area (Å²) in [6, 6.07) is 15.5. The molecule has 2 aromatic rings. The van der Waals surface area contributed by atoms with Gasteiger partial charge in [-0.2, -0.15) is 0 Å². The van der Waals surface area contributed by atoms with Gasteiger partial charge in [0.15, 0.2) is 5.71 Å². The van der Waals surface area contributed by atoms with E-state index in [-0.39, 0.29) is 0 Å². The normalized spacial score (nSPS) is 16.5. The van der Waals surface area contributed by atoms with Gasteiger partial charge in [-0.05, 0) is 49.2 Å². The Morgan fingerprint density at radius 3 is 2.14 bits per heavy atom. The molecule has 2 N–H and O–H groups in total. The van der Waals surface area contributed by atoms with Gasteiger partial charge < -0.3 is 5.32 Å². The van der Waals surface area contributed by atoms with Crippen molar-refractivity contribution in [2.24, 2.45) is 0 Å². The molecule has 112 valence electrons. The molecule has 3 rings (SSSR count). The number of anilines is 1. The Hall–Kier alpha value is -1.77. The summed E-state index contributed by atoms with van der Waals surface area (Å²) in [6.45, 7) is 0. The molecule has 22 heavy (non-hydrogen) atoms. The monoisotopic (exact) mass is 331 g/mol. The average molecular weight is 332 g/mol. The summed E-state index contributed by atoms with van der Waals surface area (Å²) in [4.78, 5) is 3.45. The topological polar surface area (TPSA) is 26.0 Å². The minimum absolute atomic E-state index is 0.750. The maximum Gasteiger partial charge on any atom is 0.203 e. The Bertz CT molecular complexity index is 701. The van der Waals surface area contributed by atoms with Gasteiger partial charge in [0.25, 0.3) is 0 Å². The number of rotatable bonds is 3. The molecule has 0 spiro atoms. The summed E-state index contributed by atoms with van der Waals surface area (Å²) < 4.78 is 0. The highest BCUT2D eigenvalue weighted by Crippen LogP contribution is 2.20. The molecule has 2 aromatic carbocycles. The van der Waals surface area contributed by atoms with Crippen molar-refractivity contribution in [1.82, 2.24) is 0 Å². The molecule has 0 heterocycles. The second kappa shape index (κ2) is 6.99. The number of hydrogen-bond donors (Lipinski definition) is 2. The molecule has 0 amide bonds. The van der Waals surface area contributed by atoms with Crippen molar-refractivity contribution in [2.45, 2.75) is 19.3 Å². The summed E-state index contributed by atoms with van der Waals surface area (Å²) in [7, 11) is 0. The van der Waals surface area contributed by atoms with E-state index in [1.165, 1.54) is 11.4 Å². The Balaban J connectivity index is 1.76. The first-order valence-electron chi connectivity index (χ1n) is 7.31. The highest BCUT2D eigenvalue weighted by molar-refractivity contribution is 6.30. The number of halogens is 2. The first-order chi connectivity index (χ1) is 10.7. The Labute approximate surface area is 140 Å². The summed E-state index contributed by atoms with van der Waals surface area (Å²) >= 11 is 11.8. The van der Waals surface area contributed by atoms with Crippen molar-refractivity contribution < 1.29 is 4.99 Å². The summed E-state index contributed by atoms with van der Waals surface area (Å²) in [5.41, 5.74) is 4.54. The van der Waals surface area contributed by atoms with E-state index in [1.807, 2.05) is 48.5 Å². The number of nitrogens with one attached hydrogen (secondary N) is 2. The second-order valence-electron chi connectivity index (χ2n) is 5.31. The molecule has 4 heteroatoms. The molecule has 0 aliphatic heterocycles. The zero-order valence-electron chi connectivity index (χ0n) is 12.1. The Kier molecular flexibility index (Phi) is 4.81. The minimum atomic E-state index is 0.750. The molecule has 1 aliphatic rings. The predicted molar refractivity (Wildman–Crippen MR) is 94.1 cm³/mol. The summed E-state index contributed by atoms with van der Waals surface area (Å²) in [5.74, 6) is 0. The van der Waals surface area contributed by atoms with Crippen LogP contribution < -0.4 is 10.3 Å². The van der Waals surface area contributed by atoms with E-state index in [1.54, 1.807) is 0 Å². The Morgan fingerprint density at radius 2 is 1.45 bits per heavy atom. The van der Waals surface area contributed by atoms with Crippen LogP contribution in [0.2, 0.25) is 10.0 Å². The van der Waals surface area contributed by atoms with E-state index < -0.39 is 0 Å². The maximum absolute atomic E-state index is 5.91. The standard InChI is InChI=1S/C18H16Cl2N2/c19-13-4-8-15(9-5-13)21-17-2-1-3-18(12-17)22-16-10-6-14(20)7-11-16/h4-12,21H,1-3H2/p+1. The second-order valence-corrected chi connectivity index (χ2v) is 6.19. The zero-order valence-corrected chi connectivity index (χ0v) is 13.6. The molecule has 0 bridgehead atoms. The molecule has 0 fully saturated rings. The van der Waals surface area contributed by atoms with Crippen LogP contribution in [-0.2, 0) is 0 Å². The fraction of sp³-hybridized carbons (Fsp3) is 0.167. The van der Waals surface area contributed by atoms with Gasteiger partial charge in [0, 0.05) is 46.1 Å². The van der Waals surface area contributed by atoms with Crippen molar-refractivity contribution in [2.75, 3.05) is 5.32 Å². The van der Waals surface area contributed by atoms with Crippen LogP contribution in [0, 0.1) is 0 Å². The van der Waals surface area contributed by atoms with Crippen molar-refractivity contribution in [3.05, 3.63) is 70.3 Å². The van der Waals surface area contributed by atoms with Gasteiger partial charge in [-0.25, -0.2) is 4.99 Å². The lowest BCUT2D eigenvalue weighted by Gasteiger charge is -2.14. The fourth-order valence-corrected chi connectivity index (χ4v) is 2.71. The third kappa shape index (κ3) is 4.12. The molecule has 2 nitrogen and oxygen atoms in total. The molecule has 0 radical (unpaired) electrons. The van der Waals surface area contributed by atoms with E-state index in [9.17, 15) is 0 Å². The lowest BCUT2D eigenvalue weighted by atomic mass is 10.0. The Morgan fingerprint density at radius 1 is 0.818 bits per heavy atom. The molecule has 0 unspecified atom stereocenters. The summed E-state index contributed by atoms with van der Waals surface area (Å²) in [5, 5.41) is 4.95. The van der Waals surface area contributed by atoms with Crippen LogP contribution in [0.15, 0.2) is 60.3 Å². The van der Waals surface area contributed by atoms with Gasteiger partial charge in [-0.15, -0.1) is 0 Å². The van der Waals surface area contributed by atoms with Crippen molar-refractivity contribution in [3.63, 3.8) is 0 Å². The predicted octanol–water partition coefficient (Wildman–Crippen LogP) is 4.33. The zero-order chi connectivity index (χ0) is 15.4. The van der Waals surface area contributed by atoms with Crippen molar-refractivity contribution >= 4 is 40.3 Å². The van der Waals surface area contributed by atoms with Gasteiger partial charge in [-0.1, -0.05) is 23.2 Å². The number of allylic oxidation sites excluding steroid dienone is 2. The smallest absolute Gasteiger partial charge is 0.203 e. The molecular weight excluding hydrogens is 315 g/mol. The number of hydrogen-bond acceptors (Lipinski definition) is 1. The highest BCUT2D eigenvalue weighted by atomic mass is 35.5. The van der Waals surface area contributed by atoms with Gasteiger partial charge in [-0.3, -0.25) is 0 Å². The lowest BCUT2D eigenvalue weighted by Crippen LogP contribution is -2.66. The molecule has 0 saturated heterocycles. The highest BCUT2D eigenvalue weighted by Gasteiger charge is 2.13. The first-order valence-corrected chi connectivity index (χ1v) is 8.06. The lowest BCUT2D eigenvalue weighted by molar-refractivity contribution is -0.354. The minimum Gasteiger partial charge on any atom is -0.359 e. The number of benzene rings is 2. The molecule has 0 aromatic heterocycles. The van der Waals surface area contributed by atoms with Crippen LogP contribution in [0.4, 0.5) is 11.4 Å². The van der Waals surface area contributed by atoms with E-state index >= 15 is 0 Å². The van der Waals surface area contributed by atoms with Crippen molar-refractivity contribution in [3.8, 4) is 0 Å². The first kappa shape index (κ1) is 15.1. The summed E-state index contributed by atoms with van der Waals surface area (Å²) in [6.07, 6.45) is 5.41. The average Bonchev–Trinajstić information content (AvgIpc) is 2.52. The maximum atomic E-state index is 5.91. The van der Waals surface area contributed by atoms with Gasteiger partial charge in [0.1, 0.15) is 0 Å². The molecule has 1 aliphatic carbocycles. The van der Waals surface area contributed by atoms with Crippen LogP contribution in [0.3, 0.4) is 0 Å². The van der Waals surface area contributed by atoms with E-state index in [0.29, 0.717) is 0 Å². The fourth-order valence-electron chi connectivity index (χ4n) is 2.46. The molecule has 0 atom stereocenters. The van der Waals surface area contributed by atoms with Crippen LogP contribution in [0.1, 0.15) is 19.3 Å². The van der Waals surface area contributed by atoms with Crippen LogP contribution in [-0.4, -0.2) is 5.71 Å². The van der Waals surface area contributed by atoms with Crippen LogP contribution >= 0.6 is 23.2 Å². The van der Waals surface area contributed by atoms with Crippen LogP contribution in [0.25, 0.3) is 0 Å². The molecular formula is C18H17Cl2N2+. The third-order valence-corrected chi connectivity index (χ3v) is 4.04. The third-order valence-electron chi connectivity index (χ3n) is 3.54. The van der Waals surface area contributed by atoms with Crippen molar-refractivity contribution in [1.29, 1.82) is 0 Å². The molecule has 0 saturated carbocycles. The largest absolute Gasteiger partial charge is 0.359 e.